The van der Waals surface area contributed by atoms with Crippen molar-refractivity contribution < 1.29 is 5.11 Å². The lowest BCUT2D eigenvalue weighted by atomic mass is 9.95. The van der Waals surface area contributed by atoms with Gasteiger partial charge in [-0.3, -0.25) is 0 Å². The first-order valence-electron chi connectivity index (χ1n) is 7.14. The van der Waals surface area contributed by atoms with Gasteiger partial charge in [0, 0.05) is 0 Å². The minimum Gasteiger partial charge on any atom is -0.388 e. The van der Waals surface area contributed by atoms with Crippen LogP contribution in [0.25, 0.3) is 0 Å². The highest BCUT2D eigenvalue weighted by Crippen LogP contribution is 2.38. The van der Waals surface area contributed by atoms with E-state index >= 15 is 0 Å². The number of hydrogen-bond donors (Lipinski definition) is 1. The fraction of sp³-hybridized carbons (Fsp3) is 0.333. The fourth-order valence-electron chi connectivity index (χ4n) is 3.13. The van der Waals surface area contributed by atoms with E-state index in [1.54, 1.807) is 0 Å². The van der Waals surface area contributed by atoms with E-state index in [9.17, 15) is 5.11 Å². The van der Waals surface area contributed by atoms with Crippen LogP contribution in [-0.4, -0.2) is 5.11 Å². The molecule has 0 fully saturated rings. The highest BCUT2D eigenvalue weighted by molar-refractivity contribution is 5.34. The summed E-state index contributed by atoms with van der Waals surface area (Å²) in [5.74, 6) is 0.404. The largest absolute Gasteiger partial charge is 0.388 e. The monoisotopic (exact) mass is 252 g/mol. The lowest BCUT2D eigenvalue weighted by molar-refractivity contribution is 0.117. The van der Waals surface area contributed by atoms with Gasteiger partial charge in [0.15, 0.2) is 0 Å². The molecule has 0 unspecified atom stereocenters. The van der Waals surface area contributed by atoms with Crippen molar-refractivity contribution in [3.8, 4) is 0 Å². The van der Waals surface area contributed by atoms with Gasteiger partial charge in [0.2, 0.25) is 0 Å². The quantitative estimate of drug-likeness (QED) is 0.874. The van der Waals surface area contributed by atoms with E-state index in [0.29, 0.717) is 5.92 Å². The van der Waals surface area contributed by atoms with Crippen LogP contribution in [0.2, 0.25) is 0 Å². The van der Waals surface area contributed by atoms with Crippen LogP contribution in [0.15, 0.2) is 54.6 Å². The second-order valence-electron chi connectivity index (χ2n) is 5.49. The summed E-state index contributed by atoms with van der Waals surface area (Å²) in [6.07, 6.45) is 4.14. The first-order valence-corrected chi connectivity index (χ1v) is 7.14. The zero-order valence-electron chi connectivity index (χ0n) is 11.1. The smallest absolute Gasteiger partial charge is 0.0824 e. The molecule has 1 aliphatic carbocycles. The molecule has 0 bridgehead atoms. The van der Waals surface area contributed by atoms with Crippen LogP contribution in [0.4, 0.5) is 0 Å². The molecule has 0 heterocycles. The van der Waals surface area contributed by atoms with Gasteiger partial charge >= 0.3 is 0 Å². The summed E-state index contributed by atoms with van der Waals surface area (Å²) in [5.41, 5.74) is 3.87. The Kier molecular flexibility index (Phi) is 3.65. The summed E-state index contributed by atoms with van der Waals surface area (Å²) >= 11 is 0. The van der Waals surface area contributed by atoms with Crippen molar-refractivity contribution in [2.75, 3.05) is 0 Å². The van der Waals surface area contributed by atoms with Crippen molar-refractivity contribution in [2.24, 2.45) is 5.92 Å². The first kappa shape index (κ1) is 12.4. The van der Waals surface area contributed by atoms with Crippen LogP contribution >= 0.6 is 0 Å². The molecule has 0 amide bonds. The first-order chi connectivity index (χ1) is 9.34. The third kappa shape index (κ3) is 2.71. The molecule has 0 aromatic heterocycles. The standard InChI is InChI=1S/C18H20O/c19-18-16(13-15-10-4-5-12-17(15)18)11-6-9-14-7-2-1-3-8-14/h1-5,7-8,10,12,16,18-19H,6,9,11,13H2/t16-,18+/m1/s1. The minimum atomic E-state index is -0.257. The maximum atomic E-state index is 10.3. The second-order valence-corrected chi connectivity index (χ2v) is 5.49. The highest BCUT2D eigenvalue weighted by atomic mass is 16.3. The Hall–Kier alpha value is -1.60. The lowest BCUT2D eigenvalue weighted by Gasteiger charge is -2.14. The van der Waals surface area contributed by atoms with Gasteiger partial charge in [-0.2, -0.15) is 0 Å². The summed E-state index contributed by atoms with van der Waals surface area (Å²) in [4.78, 5) is 0. The van der Waals surface area contributed by atoms with Gasteiger partial charge in [-0.25, -0.2) is 0 Å². The molecule has 19 heavy (non-hydrogen) atoms. The molecule has 2 aromatic rings. The number of aliphatic hydroxyl groups excluding tert-OH is 1. The Morgan fingerprint density at radius 1 is 0.947 bits per heavy atom. The summed E-state index contributed by atoms with van der Waals surface area (Å²) < 4.78 is 0. The maximum absolute atomic E-state index is 10.3. The van der Waals surface area contributed by atoms with Crippen molar-refractivity contribution in [2.45, 2.75) is 31.8 Å². The molecular weight excluding hydrogens is 232 g/mol. The third-order valence-electron chi connectivity index (χ3n) is 4.19. The van der Waals surface area contributed by atoms with E-state index < -0.39 is 0 Å². The number of aliphatic hydroxyl groups is 1. The van der Waals surface area contributed by atoms with Gasteiger partial charge in [-0.15, -0.1) is 0 Å². The number of aryl methyl sites for hydroxylation is 1. The molecule has 2 atom stereocenters. The van der Waals surface area contributed by atoms with E-state index in [4.69, 9.17) is 0 Å². The molecule has 0 saturated heterocycles. The van der Waals surface area contributed by atoms with Crippen LogP contribution in [0, 0.1) is 5.92 Å². The molecule has 1 aliphatic rings. The minimum absolute atomic E-state index is 0.257. The highest BCUT2D eigenvalue weighted by Gasteiger charge is 2.29. The predicted molar refractivity (Wildman–Crippen MR) is 78.0 cm³/mol. The topological polar surface area (TPSA) is 20.2 Å². The molecule has 0 radical (unpaired) electrons. The van der Waals surface area contributed by atoms with Crippen molar-refractivity contribution >= 4 is 0 Å². The molecular formula is C18H20O. The fourth-order valence-corrected chi connectivity index (χ4v) is 3.13. The second kappa shape index (κ2) is 5.58. The summed E-state index contributed by atoms with van der Waals surface area (Å²) in [6.45, 7) is 0. The Bertz CT molecular complexity index is 532. The normalized spacial score (nSPS) is 21.3. The Balaban J connectivity index is 1.55. The van der Waals surface area contributed by atoms with E-state index in [-0.39, 0.29) is 6.10 Å². The molecule has 0 aliphatic heterocycles. The zero-order chi connectivity index (χ0) is 13.1. The van der Waals surface area contributed by atoms with Crippen LogP contribution in [-0.2, 0) is 12.8 Å². The third-order valence-corrected chi connectivity index (χ3v) is 4.19. The molecule has 1 N–H and O–H groups in total. The van der Waals surface area contributed by atoms with Gasteiger partial charge in [0.25, 0.3) is 0 Å². The Labute approximate surface area is 114 Å². The average Bonchev–Trinajstić information content (AvgIpc) is 2.78. The number of rotatable bonds is 4. The number of hydrogen-bond acceptors (Lipinski definition) is 1. The van der Waals surface area contributed by atoms with E-state index in [1.165, 1.54) is 11.1 Å². The van der Waals surface area contributed by atoms with E-state index in [0.717, 1.165) is 31.2 Å². The number of benzene rings is 2. The van der Waals surface area contributed by atoms with Crippen LogP contribution in [0.5, 0.6) is 0 Å². The molecule has 0 saturated carbocycles. The van der Waals surface area contributed by atoms with Crippen LogP contribution in [0.3, 0.4) is 0 Å². The van der Waals surface area contributed by atoms with E-state index in [1.807, 2.05) is 6.07 Å². The molecule has 3 rings (SSSR count). The molecule has 1 nitrogen and oxygen atoms in total. The number of fused-ring (bicyclic) bond motifs is 1. The summed E-state index contributed by atoms with van der Waals surface area (Å²) in [6, 6.07) is 18.9. The SMILES string of the molecule is O[C@@H]1c2ccccc2C[C@H]1CCCc1ccccc1. The van der Waals surface area contributed by atoms with Gasteiger partial charge in [0.1, 0.15) is 0 Å². The molecule has 0 spiro atoms. The van der Waals surface area contributed by atoms with Crippen molar-refractivity contribution in [1.29, 1.82) is 0 Å². The van der Waals surface area contributed by atoms with Gasteiger partial charge < -0.3 is 5.11 Å². The van der Waals surface area contributed by atoms with Crippen molar-refractivity contribution in [3.63, 3.8) is 0 Å². The lowest BCUT2D eigenvalue weighted by Crippen LogP contribution is -2.07. The molecule has 2 aromatic carbocycles. The van der Waals surface area contributed by atoms with Crippen molar-refractivity contribution in [3.05, 3.63) is 71.3 Å². The predicted octanol–water partition coefficient (Wildman–Crippen LogP) is 3.92. The molecule has 1 heteroatoms. The van der Waals surface area contributed by atoms with E-state index in [2.05, 4.69) is 48.5 Å². The Morgan fingerprint density at radius 2 is 1.68 bits per heavy atom. The van der Waals surface area contributed by atoms with Crippen LogP contribution in [0.1, 0.15) is 35.6 Å². The maximum Gasteiger partial charge on any atom is 0.0824 e. The van der Waals surface area contributed by atoms with Gasteiger partial charge in [-0.05, 0) is 48.3 Å². The van der Waals surface area contributed by atoms with Crippen molar-refractivity contribution in [1.82, 2.24) is 0 Å². The van der Waals surface area contributed by atoms with Gasteiger partial charge in [0.05, 0.1) is 6.10 Å². The zero-order valence-corrected chi connectivity index (χ0v) is 11.1. The van der Waals surface area contributed by atoms with Gasteiger partial charge in [-0.1, -0.05) is 54.6 Å². The molecule has 98 valence electrons. The average molecular weight is 252 g/mol. The summed E-state index contributed by atoms with van der Waals surface area (Å²) in [7, 11) is 0. The summed E-state index contributed by atoms with van der Waals surface area (Å²) in [5, 5.41) is 10.3. The Morgan fingerprint density at radius 3 is 2.47 bits per heavy atom. The van der Waals surface area contributed by atoms with Crippen LogP contribution < -0.4 is 0 Å².